The highest BCUT2D eigenvalue weighted by atomic mass is 16.1. The van der Waals surface area contributed by atoms with Gasteiger partial charge in [0.25, 0.3) is 0 Å². The van der Waals surface area contributed by atoms with Gasteiger partial charge in [-0.3, -0.25) is 4.79 Å². The Bertz CT molecular complexity index is 769. The van der Waals surface area contributed by atoms with Gasteiger partial charge < -0.3 is 4.90 Å². The average Bonchev–Trinajstić information content (AvgIpc) is 2.68. The fraction of sp³-hybridized carbons (Fsp3) is 0.0870. The number of rotatable bonds is 7. The van der Waals surface area contributed by atoms with Crippen LogP contribution in [0.5, 0.6) is 0 Å². The molecule has 0 saturated carbocycles. The molecule has 3 aromatic carbocycles. The molecule has 0 unspecified atom stereocenters. The quantitative estimate of drug-likeness (QED) is 0.445. The minimum atomic E-state index is 0.0201. The van der Waals surface area contributed by atoms with E-state index in [9.17, 15) is 4.79 Å². The molecule has 0 heterocycles. The summed E-state index contributed by atoms with van der Waals surface area (Å²) in [5.74, 6) is 0.0201. The van der Waals surface area contributed by atoms with Crippen LogP contribution in [-0.2, 0) is 13.1 Å². The second kappa shape index (κ2) is 8.65. The molecule has 3 rings (SSSR count). The highest BCUT2D eigenvalue weighted by molar-refractivity contribution is 6.04. The second-order valence-corrected chi connectivity index (χ2v) is 5.92. The number of hydrogen-bond acceptors (Lipinski definition) is 2. The van der Waals surface area contributed by atoms with E-state index in [1.807, 2.05) is 72.9 Å². The molecule has 0 saturated heterocycles. The Labute approximate surface area is 149 Å². The van der Waals surface area contributed by atoms with E-state index < -0.39 is 0 Å². The van der Waals surface area contributed by atoms with Gasteiger partial charge in [-0.25, -0.2) is 0 Å². The molecule has 3 aromatic rings. The smallest absolute Gasteiger partial charge is 0.187 e. The summed E-state index contributed by atoms with van der Waals surface area (Å²) in [5.41, 5.74) is 3.14. The third-order valence-electron chi connectivity index (χ3n) is 3.95. The molecule has 0 fully saturated rings. The Morgan fingerprint density at radius 1 is 0.680 bits per heavy atom. The van der Waals surface area contributed by atoms with E-state index in [2.05, 4.69) is 29.2 Å². The first-order valence-electron chi connectivity index (χ1n) is 8.41. The first kappa shape index (κ1) is 16.7. The van der Waals surface area contributed by atoms with Crippen molar-refractivity contribution in [3.05, 3.63) is 120 Å². The van der Waals surface area contributed by atoms with E-state index >= 15 is 0 Å². The van der Waals surface area contributed by atoms with Gasteiger partial charge in [0, 0.05) is 30.9 Å². The summed E-state index contributed by atoms with van der Waals surface area (Å²) >= 11 is 0. The van der Waals surface area contributed by atoms with Crippen molar-refractivity contribution in [1.29, 1.82) is 0 Å². The zero-order valence-electron chi connectivity index (χ0n) is 14.1. The first-order chi connectivity index (χ1) is 12.3. The number of carbonyl (C=O) groups is 1. The summed E-state index contributed by atoms with van der Waals surface area (Å²) in [6, 6.07) is 29.9. The van der Waals surface area contributed by atoms with Gasteiger partial charge in [0.05, 0.1) is 0 Å². The molecule has 0 atom stereocenters. The molecule has 25 heavy (non-hydrogen) atoms. The van der Waals surface area contributed by atoms with E-state index in [-0.39, 0.29) is 5.78 Å². The Balaban J connectivity index is 1.75. The summed E-state index contributed by atoms with van der Waals surface area (Å²) < 4.78 is 0. The van der Waals surface area contributed by atoms with Crippen molar-refractivity contribution in [2.75, 3.05) is 0 Å². The minimum absolute atomic E-state index is 0.0201. The largest absolute Gasteiger partial charge is 0.369 e. The molecule has 0 amide bonds. The van der Waals surface area contributed by atoms with Gasteiger partial charge >= 0.3 is 0 Å². The average molecular weight is 327 g/mol. The van der Waals surface area contributed by atoms with Crippen LogP contribution >= 0.6 is 0 Å². The van der Waals surface area contributed by atoms with Gasteiger partial charge in [-0.1, -0.05) is 91.0 Å². The van der Waals surface area contributed by atoms with Crippen LogP contribution in [0.15, 0.2) is 103 Å². The zero-order valence-corrected chi connectivity index (χ0v) is 14.1. The molecule has 0 aliphatic rings. The molecule has 0 radical (unpaired) electrons. The number of carbonyl (C=O) groups excluding carboxylic acids is 1. The van der Waals surface area contributed by atoms with Gasteiger partial charge in [0.15, 0.2) is 5.78 Å². The maximum Gasteiger partial charge on any atom is 0.187 e. The van der Waals surface area contributed by atoms with Crippen LogP contribution < -0.4 is 0 Å². The third-order valence-corrected chi connectivity index (χ3v) is 3.95. The highest BCUT2D eigenvalue weighted by Gasteiger charge is 2.05. The van der Waals surface area contributed by atoms with Crippen LogP contribution in [0.4, 0.5) is 0 Å². The van der Waals surface area contributed by atoms with E-state index in [4.69, 9.17) is 0 Å². The van der Waals surface area contributed by atoms with Crippen molar-refractivity contribution in [2.24, 2.45) is 0 Å². The van der Waals surface area contributed by atoms with Crippen LogP contribution in [-0.4, -0.2) is 10.7 Å². The Morgan fingerprint density at radius 2 is 1.12 bits per heavy atom. The van der Waals surface area contributed by atoms with Gasteiger partial charge in [-0.15, -0.1) is 0 Å². The Morgan fingerprint density at radius 3 is 1.60 bits per heavy atom. The topological polar surface area (TPSA) is 20.3 Å². The van der Waals surface area contributed by atoms with Gasteiger partial charge in [0.2, 0.25) is 0 Å². The zero-order chi connectivity index (χ0) is 17.3. The second-order valence-electron chi connectivity index (χ2n) is 5.92. The molecule has 0 aromatic heterocycles. The minimum Gasteiger partial charge on any atom is -0.369 e. The lowest BCUT2D eigenvalue weighted by atomic mass is 10.1. The fourth-order valence-corrected chi connectivity index (χ4v) is 2.67. The van der Waals surface area contributed by atoms with E-state index in [1.54, 1.807) is 6.08 Å². The predicted molar refractivity (Wildman–Crippen MR) is 102 cm³/mol. The first-order valence-corrected chi connectivity index (χ1v) is 8.41. The standard InChI is InChI=1S/C23H21NO/c25-23(22-14-8-3-9-15-22)16-17-24(18-20-10-4-1-5-11-20)19-21-12-6-2-7-13-21/h1-17H,18-19H2/b17-16+. The molecule has 0 aliphatic heterocycles. The van der Waals surface area contributed by atoms with Gasteiger partial charge in [-0.2, -0.15) is 0 Å². The van der Waals surface area contributed by atoms with E-state index in [0.717, 1.165) is 13.1 Å². The fourth-order valence-electron chi connectivity index (χ4n) is 2.67. The van der Waals surface area contributed by atoms with Crippen LogP contribution in [0.1, 0.15) is 21.5 Å². The molecule has 124 valence electrons. The molecular weight excluding hydrogens is 306 g/mol. The van der Waals surface area contributed by atoms with Gasteiger partial charge in [0.1, 0.15) is 0 Å². The maximum atomic E-state index is 12.3. The van der Waals surface area contributed by atoms with E-state index in [1.165, 1.54) is 11.1 Å². The molecule has 0 aliphatic carbocycles. The summed E-state index contributed by atoms with van der Waals surface area (Å²) in [5, 5.41) is 0. The lowest BCUT2D eigenvalue weighted by Gasteiger charge is -2.20. The lowest BCUT2D eigenvalue weighted by molar-refractivity contribution is 0.104. The summed E-state index contributed by atoms with van der Waals surface area (Å²) in [6.45, 7) is 1.52. The van der Waals surface area contributed by atoms with Crippen LogP contribution in [0.25, 0.3) is 0 Å². The molecule has 0 bridgehead atoms. The Hall–Kier alpha value is -3.13. The van der Waals surface area contributed by atoms with Crippen molar-refractivity contribution in [3.63, 3.8) is 0 Å². The van der Waals surface area contributed by atoms with Crippen LogP contribution in [0, 0.1) is 0 Å². The molecule has 2 heteroatoms. The molecule has 2 nitrogen and oxygen atoms in total. The maximum absolute atomic E-state index is 12.3. The molecule has 0 N–H and O–H groups in total. The third kappa shape index (κ3) is 5.18. The van der Waals surface area contributed by atoms with Crippen LogP contribution in [0.3, 0.4) is 0 Å². The van der Waals surface area contributed by atoms with Gasteiger partial charge in [-0.05, 0) is 11.1 Å². The monoisotopic (exact) mass is 327 g/mol. The SMILES string of the molecule is O=C(/C=C/N(Cc1ccccc1)Cc1ccccc1)c1ccccc1. The van der Waals surface area contributed by atoms with Crippen molar-refractivity contribution in [3.8, 4) is 0 Å². The summed E-state index contributed by atoms with van der Waals surface area (Å²) in [7, 11) is 0. The number of allylic oxidation sites excluding steroid dienone is 1. The van der Waals surface area contributed by atoms with Crippen molar-refractivity contribution < 1.29 is 4.79 Å². The van der Waals surface area contributed by atoms with Crippen molar-refractivity contribution >= 4 is 5.78 Å². The lowest BCUT2D eigenvalue weighted by Crippen LogP contribution is -2.17. The number of ketones is 1. The Kier molecular flexibility index (Phi) is 5.78. The normalized spacial score (nSPS) is 10.7. The van der Waals surface area contributed by atoms with E-state index in [0.29, 0.717) is 5.56 Å². The molecule has 0 spiro atoms. The number of benzene rings is 3. The molecular formula is C23H21NO. The summed E-state index contributed by atoms with van der Waals surface area (Å²) in [4.78, 5) is 14.5. The highest BCUT2D eigenvalue weighted by Crippen LogP contribution is 2.11. The number of hydrogen-bond donors (Lipinski definition) is 0. The number of nitrogens with zero attached hydrogens (tertiary/aromatic N) is 1. The van der Waals surface area contributed by atoms with Crippen molar-refractivity contribution in [2.45, 2.75) is 13.1 Å². The predicted octanol–water partition coefficient (Wildman–Crippen LogP) is 5.09. The summed E-state index contributed by atoms with van der Waals surface area (Å²) in [6.07, 6.45) is 3.55. The van der Waals surface area contributed by atoms with Crippen LogP contribution in [0.2, 0.25) is 0 Å². The van der Waals surface area contributed by atoms with Crippen molar-refractivity contribution in [1.82, 2.24) is 4.90 Å².